The fourth-order valence-corrected chi connectivity index (χ4v) is 3.73. The van der Waals surface area contributed by atoms with Gasteiger partial charge in [-0.3, -0.25) is 9.59 Å². The van der Waals surface area contributed by atoms with Gasteiger partial charge >= 0.3 is 0 Å². The number of nitrogens with one attached hydrogen (secondary N) is 1. The zero-order valence-electron chi connectivity index (χ0n) is 12.5. The number of ether oxygens (including phenoxy) is 1. The Morgan fingerprint density at radius 1 is 1.52 bits per heavy atom. The van der Waals surface area contributed by atoms with Crippen molar-refractivity contribution in [1.82, 2.24) is 15.1 Å². The monoisotopic (exact) mass is 291 g/mol. The van der Waals surface area contributed by atoms with Gasteiger partial charge in [0.2, 0.25) is 0 Å². The van der Waals surface area contributed by atoms with Crippen LogP contribution in [-0.2, 0) is 4.74 Å². The topological polar surface area (TPSA) is 75.3 Å². The summed E-state index contributed by atoms with van der Waals surface area (Å²) in [6.45, 7) is 2.73. The third-order valence-corrected chi connectivity index (χ3v) is 5.08. The van der Waals surface area contributed by atoms with E-state index < -0.39 is 0 Å². The molecule has 1 N–H and O–H groups in total. The fraction of sp³-hybridized carbons (Fsp3) is 0.667. The van der Waals surface area contributed by atoms with Gasteiger partial charge in [-0.25, -0.2) is 5.10 Å². The summed E-state index contributed by atoms with van der Waals surface area (Å²) in [5.41, 5.74) is 0.124. The maximum absolute atomic E-state index is 12.5. The zero-order chi connectivity index (χ0) is 15.0. The summed E-state index contributed by atoms with van der Waals surface area (Å²) in [6.07, 6.45) is 4.62. The minimum Gasteiger partial charge on any atom is -0.378 e. The predicted octanol–water partition coefficient (Wildman–Crippen LogP) is 1.19. The maximum Gasteiger partial charge on any atom is 0.274 e. The largest absolute Gasteiger partial charge is 0.378 e. The average molecular weight is 291 g/mol. The van der Waals surface area contributed by atoms with Gasteiger partial charge in [0.05, 0.1) is 6.10 Å². The van der Waals surface area contributed by atoms with Crippen LogP contribution in [0.15, 0.2) is 16.9 Å². The lowest BCUT2D eigenvalue weighted by Gasteiger charge is -2.63. The van der Waals surface area contributed by atoms with Gasteiger partial charge in [-0.15, -0.1) is 0 Å². The molecular formula is C15H21N3O3. The number of hydrogen-bond acceptors (Lipinski definition) is 4. The predicted molar refractivity (Wildman–Crippen MR) is 77.1 cm³/mol. The smallest absolute Gasteiger partial charge is 0.274 e. The van der Waals surface area contributed by atoms with Crippen LogP contribution in [0.2, 0.25) is 0 Å². The van der Waals surface area contributed by atoms with E-state index in [-0.39, 0.29) is 34.7 Å². The Morgan fingerprint density at radius 2 is 2.29 bits per heavy atom. The van der Waals surface area contributed by atoms with E-state index >= 15 is 0 Å². The standard InChI is InChI=1S/C15H21N3O3/c1-3-21-12-9-11(15(12)7-4-8-15)18(2)14(20)10-5-6-13(19)17-16-10/h5-6,11-12H,3-4,7-9H2,1-2H3,(H,17,19). The van der Waals surface area contributed by atoms with E-state index in [1.54, 1.807) is 4.90 Å². The van der Waals surface area contributed by atoms with Crippen LogP contribution in [0.3, 0.4) is 0 Å². The average Bonchev–Trinajstić information content (AvgIpc) is 2.41. The number of aromatic nitrogens is 2. The summed E-state index contributed by atoms with van der Waals surface area (Å²) in [5, 5.41) is 6.14. The molecule has 2 aliphatic carbocycles. The molecule has 0 aromatic carbocycles. The molecule has 1 heterocycles. The summed E-state index contributed by atoms with van der Waals surface area (Å²) >= 11 is 0. The third-order valence-electron chi connectivity index (χ3n) is 5.08. The van der Waals surface area contributed by atoms with E-state index in [2.05, 4.69) is 10.2 Å². The maximum atomic E-state index is 12.5. The summed E-state index contributed by atoms with van der Waals surface area (Å²) in [7, 11) is 1.82. The number of carbonyl (C=O) groups excluding carboxylic acids is 1. The molecule has 6 heteroatoms. The molecule has 2 fully saturated rings. The molecule has 6 nitrogen and oxygen atoms in total. The summed E-state index contributed by atoms with van der Waals surface area (Å²) in [5.74, 6) is -0.141. The van der Waals surface area contributed by atoms with Crippen molar-refractivity contribution < 1.29 is 9.53 Å². The van der Waals surface area contributed by atoms with Crippen molar-refractivity contribution in [2.24, 2.45) is 5.41 Å². The Bertz CT molecular complexity index is 574. The molecule has 2 aliphatic rings. The van der Waals surface area contributed by atoms with Crippen molar-refractivity contribution >= 4 is 5.91 Å². The number of amides is 1. The Kier molecular flexibility index (Phi) is 3.57. The second-order valence-corrected chi connectivity index (χ2v) is 6.00. The molecule has 21 heavy (non-hydrogen) atoms. The molecule has 1 aromatic heterocycles. The molecule has 1 amide bonds. The van der Waals surface area contributed by atoms with Crippen molar-refractivity contribution in [2.45, 2.75) is 44.8 Å². The lowest BCUT2D eigenvalue weighted by Crippen LogP contribution is -2.67. The van der Waals surface area contributed by atoms with Gasteiger partial charge in [-0.05, 0) is 32.3 Å². The highest BCUT2D eigenvalue weighted by molar-refractivity contribution is 5.92. The van der Waals surface area contributed by atoms with Gasteiger partial charge < -0.3 is 9.64 Å². The van der Waals surface area contributed by atoms with Crippen LogP contribution in [0.5, 0.6) is 0 Å². The zero-order valence-corrected chi connectivity index (χ0v) is 12.5. The van der Waals surface area contributed by atoms with Crippen LogP contribution in [0.25, 0.3) is 0 Å². The number of H-pyrrole nitrogens is 1. The first-order valence-corrected chi connectivity index (χ1v) is 7.53. The SMILES string of the molecule is CCOC1CC(N(C)C(=O)c2ccc(=O)[nH]n2)C12CCC2. The highest BCUT2D eigenvalue weighted by Gasteiger charge is 2.60. The quantitative estimate of drug-likeness (QED) is 0.904. The number of hydrogen-bond donors (Lipinski definition) is 1. The Morgan fingerprint density at radius 3 is 2.81 bits per heavy atom. The van der Waals surface area contributed by atoms with Gasteiger partial charge in [0, 0.05) is 31.2 Å². The molecule has 114 valence electrons. The fourth-order valence-electron chi connectivity index (χ4n) is 3.73. The number of rotatable bonds is 4. The van der Waals surface area contributed by atoms with Crippen LogP contribution in [0.1, 0.15) is 43.1 Å². The van der Waals surface area contributed by atoms with E-state index in [1.807, 2.05) is 14.0 Å². The minimum atomic E-state index is -0.301. The number of nitrogens with zero attached hydrogens (tertiary/aromatic N) is 2. The molecular weight excluding hydrogens is 270 g/mol. The van der Waals surface area contributed by atoms with E-state index in [0.717, 1.165) is 25.9 Å². The molecule has 0 saturated heterocycles. The van der Waals surface area contributed by atoms with Gasteiger partial charge in [0.1, 0.15) is 5.69 Å². The molecule has 0 radical (unpaired) electrons. The molecule has 0 aliphatic heterocycles. The van der Waals surface area contributed by atoms with Crippen molar-refractivity contribution in [2.75, 3.05) is 13.7 Å². The summed E-state index contributed by atoms with van der Waals surface area (Å²) in [4.78, 5) is 25.3. The first kappa shape index (κ1) is 14.3. The van der Waals surface area contributed by atoms with Crippen molar-refractivity contribution in [3.8, 4) is 0 Å². The molecule has 1 aromatic rings. The Hall–Kier alpha value is -1.69. The van der Waals surface area contributed by atoms with Crippen LogP contribution in [0, 0.1) is 5.41 Å². The summed E-state index contributed by atoms with van der Waals surface area (Å²) < 4.78 is 5.82. The summed E-state index contributed by atoms with van der Waals surface area (Å²) in [6, 6.07) is 3.02. The normalized spacial score (nSPS) is 26.0. The third kappa shape index (κ3) is 2.18. The second-order valence-electron chi connectivity index (χ2n) is 6.00. The van der Waals surface area contributed by atoms with Gasteiger partial charge in [0.15, 0.2) is 0 Å². The molecule has 1 spiro atoms. The lowest BCUT2D eigenvalue weighted by atomic mass is 9.50. The van der Waals surface area contributed by atoms with Gasteiger partial charge in [-0.1, -0.05) is 6.42 Å². The molecule has 2 atom stereocenters. The van der Waals surface area contributed by atoms with Gasteiger partial charge in [-0.2, -0.15) is 5.10 Å². The molecule has 2 saturated carbocycles. The number of carbonyl (C=O) groups is 1. The van der Waals surface area contributed by atoms with Crippen molar-refractivity contribution in [3.63, 3.8) is 0 Å². The molecule has 3 rings (SSSR count). The molecule has 2 unspecified atom stereocenters. The van der Waals surface area contributed by atoms with E-state index in [1.165, 1.54) is 18.6 Å². The number of aromatic amines is 1. The van der Waals surface area contributed by atoms with Crippen LogP contribution < -0.4 is 5.56 Å². The Balaban J connectivity index is 1.73. The molecule has 0 bridgehead atoms. The van der Waals surface area contributed by atoms with Crippen molar-refractivity contribution in [3.05, 3.63) is 28.2 Å². The first-order valence-electron chi connectivity index (χ1n) is 7.53. The van der Waals surface area contributed by atoms with Crippen molar-refractivity contribution in [1.29, 1.82) is 0 Å². The van der Waals surface area contributed by atoms with Crippen LogP contribution in [0.4, 0.5) is 0 Å². The Labute approximate surface area is 123 Å². The highest BCUT2D eigenvalue weighted by atomic mass is 16.5. The highest BCUT2D eigenvalue weighted by Crippen LogP contribution is 2.58. The van der Waals surface area contributed by atoms with Crippen LogP contribution >= 0.6 is 0 Å². The van der Waals surface area contributed by atoms with Crippen LogP contribution in [-0.4, -0.2) is 46.8 Å². The first-order chi connectivity index (χ1) is 10.1. The lowest BCUT2D eigenvalue weighted by molar-refractivity contribution is -0.192. The van der Waals surface area contributed by atoms with Gasteiger partial charge in [0.25, 0.3) is 11.5 Å². The van der Waals surface area contributed by atoms with E-state index in [0.29, 0.717) is 0 Å². The van der Waals surface area contributed by atoms with E-state index in [9.17, 15) is 9.59 Å². The minimum absolute atomic E-state index is 0.141. The van der Waals surface area contributed by atoms with E-state index in [4.69, 9.17) is 4.74 Å². The second kappa shape index (κ2) is 5.26.